The number of carbonyl (C=O) groups excluding carboxylic acids is 1. The summed E-state index contributed by atoms with van der Waals surface area (Å²) in [5.41, 5.74) is 8.34. The zero-order chi connectivity index (χ0) is 25.1. The molecule has 3 aromatic heterocycles. The van der Waals surface area contributed by atoms with Gasteiger partial charge in [0.05, 0.1) is 17.5 Å². The van der Waals surface area contributed by atoms with E-state index in [9.17, 15) is 9.18 Å². The number of benzene rings is 1. The van der Waals surface area contributed by atoms with Crippen LogP contribution < -0.4 is 5.73 Å². The average molecular weight is 488 g/mol. The highest BCUT2D eigenvalue weighted by atomic mass is 19.1. The second-order valence-electron chi connectivity index (χ2n) is 8.85. The summed E-state index contributed by atoms with van der Waals surface area (Å²) in [7, 11) is 0. The Bertz CT molecular complexity index is 1420. The summed E-state index contributed by atoms with van der Waals surface area (Å²) in [6.45, 7) is 10.8. The van der Waals surface area contributed by atoms with Crippen LogP contribution in [-0.4, -0.2) is 79.7 Å². The van der Waals surface area contributed by atoms with Gasteiger partial charge in [0, 0.05) is 55.2 Å². The van der Waals surface area contributed by atoms with Crippen molar-refractivity contribution in [2.45, 2.75) is 12.5 Å². The van der Waals surface area contributed by atoms with E-state index in [1.165, 1.54) is 24.5 Å². The van der Waals surface area contributed by atoms with Crippen LogP contribution in [0.2, 0.25) is 0 Å². The van der Waals surface area contributed by atoms with Crippen LogP contribution in [0.1, 0.15) is 22.8 Å². The van der Waals surface area contributed by atoms with Crippen LogP contribution in [0.15, 0.2) is 49.2 Å². The monoisotopic (exact) mass is 487 g/mol. The Morgan fingerprint density at radius 2 is 2.11 bits per heavy atom. The predicted octanol–water partition coefficient (Wildman–Crippen LogP) is 2.85. The number of halogens is 1. The number of H-pyrrole nitrogens is 1. The Morgan fingerprint density at radius 1 is 1.22 bits per heavy atom. The number of nitrogens with zero attached hydrogens (tertiary/aromatic N) is 7. The van der Waals surface area contributed by atoms with E-state index < -0.39 is 5.82 Å². The minimum Gasteiger partial charge on any atom is -0.399 e. The van der Waals surface area contributed by atoms with Gasteiger partial charge in [-0.25, -0.2) is 20.9 Å². The van der Waals surface area contributed by atoms with E-state index in [0.717, 1.165) is 35.3 Å². The molecule has 1 aromatic carbocycles. The standard InChI is InChI=1S/C25H26FN9O/c1-28-13-19(35-14-17(12-32-35)23-21-5-6-29-24(21)31-16-30-23)15-33-7-2-8-34(10-9-33)25(36)20-4-3-18(27)11-22(20)26/h3-6,11-12,14,16,19H,2,7-10,13,15,27H2,(H,29,30,31). The number of fused-ring (bicyclic) bond motifs is 1. The maximum atomic E-state index is 14.3. The lowest BCUT2D eigenvalue weighted by Gasteiger charge is -2.24. The van der Waals surface area contributed by atoms with E-state index in [2.05, 4.69) is 29.8 Å². The highest BCUT2D eigenvalue weighted by Gasteiger charge is 2.26. The number of rotatable bonds is 6. The van der Waals surface area contributed by atoms with E-state index in [1.807, 2.05) is 23.1 Å². The van der Waals surface area contributed by atoms with Gasteiger partial charge in [-0.3, -0.25) is 14.4 Å². The first-order valence-electron chi connectivity index (χ1n) is 11.8. The van der Waals surface area contributed by atoms with Crippen LogP contribution in [0.25, 0.3) is 27.1 Å². The molecule has 5 rings (SSSR count). The molecular formula is C25H26FN9O. The molecule has 10 nitrogen and oxygen atoms in total. The first-order chi connectivity index (χ1) is 17.5. The molecule has 4 aromatic rings. The molecule has 4 heterocycles. The third-order valence-corrected chi connectivity index (χ3v) is 6.47. The first-order valence-corrected chi connectivity index (χ1v) is 11.8. The van der Waals surface area contributed by atoms with Gasteiger partial charge in [0.25, 0.3) is 5.91 Å². The van der Waals surface area contributed by atoms with Crippen molar-refractivity contribution >= 4 is 22.6 Å². The van der Waals surface area contributed by atoms with Gasteiger partial charge in [0.1, 0.15) is 23.8 Å². The normalized spacial score (nSPS) is 15.5. The van der Waals surface area contributed by atoms with Crippen molar-refractivity contribution in [3.8, 4) is 11.3 Å². The number of aromatic nitrogens is 5. The zero-order valence-corrected chi connectivity index (χ0v) is 19.6. The maximum Gasteiger partial charge on any atom is 0.256 e. The number of nitrogens with two attached hydrogens (primary N) is 1. The Labute approximate surface area is 207 Å². The molecule has 184 valence electrons. The highest BCUT2D eigenvalue weighted by Crippen LogP contribution is 2.25. The van der Waals surface area contributed by atoms with E-state index >= 15 is 0 Å². The van der Waals surface area contributed by atoms with Crippen molar-refractivity contribution in [1.29, 1.82) is 0 Å². The molecule has 1 aliphatic heterocycles. The first kappa shape index (κ1) is 23.4. The van der Waals surface area contributed by atoms with Gasteiger partial charge in [0.2, 0.25) is 6.54 Å². The van der Waals surface area contributed by atoms with Crippen molar-refractivity contribution in [2.24, 2.45) is 0 Å². The summed E-state index contributed by atoms with van der Waals surface area (Å²) in [5, 5.41) is 5.46. The molecule has 0 bridgehead atoms. The van der Waals surface area contributed by atoms with Crippen LogP contribution in [0.5, 0.6) is 0 Å². The Kier molecular flexibility index (Phi) is 6.60. The molecular weight excluding hydrogens is 461 g/mol. The highest BCUT2D eigenvalue weighted by molar-refractivity contribution is 5.95. The molecule has 11 heteroatoms. The Balaban J connectivity index is 1.28. The molecule has 1 aliphatic rings. The Morgan fingerprint density at radius 3 is 2.94 bits per heavy atom. The number of aromatic amines is 1. The van der Waals surface area contributed by atoms with Gasteiger partial charge >= 0.3 is 0 Å². The summed E-state index contributed by atoms with van der Waals surface area (Å²) in [5.74, 6) is -0.932. The van der Waals surface area contributed by atoms with Crippen molar-refractivity contribution in [3.63, 3.8) is 0 Å². The predicted molar refractivity (Wildman–Crippen MR) is 133 cm³/mol. The molecule has 1 fully saturated rings. The van der Waals surface area contributed by atoms with Crippen LogP contribution >= 0.6 is 0 Å². The van der Waals surface area contributed by atoms with Gasteiger partial charge in [-0.2, -0.15) is 5.10 Å². The Hall–Kier alpha value is -4.30. The lowest BCUT2D eigenvalue weighted by molar-refractivity contribution is 0.0756. The summed E-state index contributed by atoms with van der Waals surface area (Å²) in [6, 6.07) is 5.93. The molecule has 36 heavy (non-hydrogen) atoms. The molecule has 0 spiro atoms. The van der Waals surface area contributed by atoms with Crippen LogP contribution in [0.4, 0.5) is 10.1 Å². The quantitative estimate of drug-likeness (QED) is 0.319. The van der Waals surface area contributed by atoms with Crippen LogP contribution in [-0.2, 0) is 0 Å². The molecule has 1 atom stereocenters. The second kappa shape index (κ2) is 10.1. The minimum absolute atomic E-state index is 0.0360. The fraction of sp³-hybridized carbons (Fsp3) is 0.320. The number of anilines is 1. The summed E-state index contributed by atoms with van der Waals surface area (Å²) in [6.07, 6.45) is 7.77. The summed E-state index contributed by atoms with van der Waals surface area (Å²) >= 11 is 0. The van der Waals surface area contributed by atoms with Crippen molar-refractivity contribution in [3.05, 3.63) is 72.0 Å². The smallest absolute Gasteiger partial charge is 0.256 e. The third-order valence-electron chi connectivity index (χ3n) is 6.47. The van der Waals surface area contributed by atoms with Crippen molar-refractivity contribution in [1.82, 2.24) is 34.5 Å². The molecule has 0 saturated carbocycles. The minimum atomic E-state index is -0.603. The van der Waals surface area contributed by atoms with Crippen LogP contribution in [0.3, 0.4) is 0 Å². The zero-order valence-electron chi connectivity index (χ0n) is 19.6. The molecule has 0 aliphatic carbocycles. The average Bonchev–Trinajstić information content (AvgIpc) is 3.49. The van der Waals surface area contributed by atoms with Gasteiger partial charge < -0.3 is 20.5 Å². The fourth-order valence-corrected chi connectivity index (χ4v) is 4.62. The lowest BCUT2D eigenvalue weighted by Crippen LogP contribution is -2.37. The second-order valence-corrected chi connectivity index (χ2v) is 8.85. The van der Waals surface area contributed by atoms with Gasteiger partial charge in [0.15, 0.2) is 0 Å². The van der Waals surface area contributed by atoms with E-state index in [0.29, 0.717) is 26.2 Å². The van der Waals surface area contributed by atoms with E-state index in [4.69, 9.17) is 12.3 Å². The molecule has 3 N–H and O–H groups in total. The SMILES string of the molecule is [C-]#[N+]CC(CN1CCCN(C(=O)c2ccc(N)cc2F)CC1)n1cc(-c2ncnc3[nH]ccc23)cn1. The van der Waals surface area contributed by atoms with Gasteiger partial charge in [-0.1, -0.05) is 0 Å². The van der Waals surface area contributed by atoms with Crippen LogP contribution in [0, 0.1) is 12.4 Å². The largest absolute Gasteiger partial charge is 0.399 e. The summed E-state index contributed by atoms with van der Waals surface area (Å²) < 4.78 is 16.1. The van der Waals surface area contributed by atoms with Gasteiger partial charge in [-0.15, -0.1) is 0 Å². The molecule has 1 amide bonds. The third kappa shape index (κ3) is 4.76. The fourth-order valence-electron chi connectivity index (χ4n) is 4.62. The van der Waals surface area contributed by atoms with Gasteiger partial charge in [-0.05, 0) is 37.2 Å². The molecule has 1 saturated heterocycles. The number of amides is 1. The topological polar surface area (TPSA) is 113 Å². The van der Waals surface area contributed by atoms with Crippen molar-refractivity contribution < 1.29 is 9.18 Å². The van der Waals surface area contributed by atoms with Crippen molar-refractivity contribution in [2.75, 3.05) is 45.0 Å². The number of nitrogen functional groups attached to an aromatic ring is 1. The van der Waals surface area contributed by atoms with E-state index in [1.54, 1.807) is 11.1 Å². The maximum absolute atomic E-state index is 14.3. The number of hydrogen-bond acceptors (Lipinski definition) is 6. The number of nitrogens with one attached hydrogen (secondary N) is 1. The molecule has 0 radical (unpaired) electrons. The lowest BCUT2D eigenvalue weighted by atomic mass is 10.1. The number of carbonyl (C=O) groups is 1. The molecule has 1 unspecified atom stereocenters. The van der Waals surface area contributed by atoms with E-state index in [-0.39, 0.29) is 29.7 Å². The summed E-state index contributed by atoms with van der Waals surface area (Å²) in [4.78, 5) is 32.2. The number of hydrogen-bond donors (Lipinski definition) is 2.